The smallest absolute Gasteiger partial charge is 0.192 e. The van der Waals surface area contributed by atoms with Gasteiger partial charge in [-0.15, -0.1) is 0 Å². The number of hydrogen-bond acceptors (Lipinski definition) is 3. The molecule has 3 aromatic heterocycles. The SMILES string of the molecule is [C-]#[N+]c1cc(Oc2ccc3c4ccccc4n(-c4cc(C(C)(C)C)ccn4)c3c2)cc(N2Cn3c4c(-c5cc(-c6ccccc6)cc(C(C)(C)C)c5)cccc4c4ccccc4c4ccccc4c4cccc2c43)c1. The highest BCUT2D eigenvalue weighted by Crippen LogP contribution is 2.47. The number of nitrogens with zero attached hydrogens (tertiary/aromatic N) is 5. The molecule has 12 aromatic rings. The summed E-state index contributed by atoms with van der Waals surface area (Å²) in [5.74, 6) is 2.10. The van der Waals surface area contributed by atoms with Crippen molar-refractivity contribution in [1.29, 1.82) is 0 Å². The van der Waals surface area contributed by atoms with Crippen molar-refractivity contribution < 1.29 is 4.74 Å². The molecule has 362 valence electrons. The summed E-state index contributed by atoms with van der Waals surface area (Å²) in [6.45, 7) is 22.5. The highest BCUT2D eigenvalue weighted by atomic mass is 16.5. The van der Waals surface area contributed by atoms with Crippen LogP contribution in [0.4, 0.5) is 17.1 Å². The predicted molar refractivity (Wildman–Crippen MR) is 314 cm³/mol. The second-order valence-corrected chi connectivity index (χ2v) is 22.0. The maximum atomic E-state index is 8.43. The van der Waals surface area contributed by atoms with Gasteiger partial charge in [-0.3, -0.25) is 4.57 Å². The monoisotopic (exact) mass is 969 g/mol. The van der Waals surface area contributed by atoms with E-state index in [1.54, 1.807) is 0 Å². The molecule has 6 nitrogen and oxygen atoms in total. The van der Waals surface area contributed by atoms with Crippen LogP contribution < -0.4 is 9.64 Å². The van der Waals surface area contributed by atoms with Crippen molar-refractivity contribution in [2.45, 2.75) is 59.0 Å². The molecule has 13 rings (SSSR count). The Hall–Kier alpha value is -9.18. The Bertz CT molecular complexity index is 4410. The van der Waals surface area contributed by atoms with Gasteiger partial charge in [0.05, 0.1) is 34.3 Å². The molecule has 75 heavy (non-hydrogen) atoms. The van der Waals surface area contributed by atoms with Crippen molar-refractivity contribution in [2.75, 3.05) is 4.90 Å². The van der Waals surface area contributed by atoms with Gasteiger partial charge in [0.15, 0.2) is 5.69 Å². The first-order valence-electron chi connectivity index (χ1n) is 25.8. The summed E-state index contributed by atoms with van der Waals surface area (Å²) in [6, 6.07) is 74.0. The average molecular weight is 970 g/mol. The van der Waals surface area contributed by atoms with Crippen LogP contribution in [0.3, 0.4) is 0 Å². The second-order valence-electron chi connectivity index (χ2n) is 22.0. The maximum absolute atomic E-state index is 8.43. The van der Waals surface area contributed by atoms with Crippen molar-refractivity contribution in [3.05, 3.63) is 235 Å². The highest BCUT2D eigenvalue weighted by molar-refractivity contribution is 6.22. The van der Waals surface area contributed by atoms with E-state index in [4.69, 9.17) is 16.3 Å². The third-order valence-corrected chi connectivity index (χ3v) is 15.1. The molecule has 6 heteroatoms. The highest BCUT2D eigenvalue weighted by Gasteiger charge is 2.27. The lowest BCUT2D eigenvalue weighted by molar-refractivity contribution is 0.483. The van der Waals surface area contributed by atoms with Crippen LogP contribution in [0.2, 0.25) is 0 Å². The van der Waals surface area contributed by atoms with E-state index in [0.29, 0.717) is 23.9 Å². The molecular weight excluding hydrogens is 915 g/mol. The number of anilines is 2. The van der Waals surface area contributed by atoms with E-state index >= 15 is 0 Å². The van der Waals surface area contributed by atoms with Gasteiger partial charge in [0.1, 0.15) is 24.0 Å². The first kappa shape index (κ1) is 45.7. The Morgan fingerprint density at radius 1 is 0.467 bits per heavy atom. The number of pyridine rings is 1. The van der Waals surface area contributed by atoms with Crippen LogP contribution in [0.1, 0.15) is 52.7 Å². The Morgan fingerprint density at radius 2 is 1.08 bits per heavy atom. The zero-order chi connectivity index (χ0) is 51.2. The topological polar surface area (TPSA) is 39.6 Å². The average Bonchev–Trinajstić information content (AvgIpc) is 4.11. The molecule has 0 bridgehead atoms. The summed E-state index contributed by atoms with van der Waals surface area (Å²) in [5.41, 5.74) is 13.7. The number of fused-ring (bicyclic) bond motifs is 10. The number of rotatable bonds is 6. The molecular formula is C69H55N5O. The van der Waals surface area contributed by atoms with Crippen LogP contribution in [0.15, 0.2) is 212 Å². The number of benzene rings is 9. The standard InChI is InChI=1S/C69H55N5O/c1-68(2,3)47-33-34-71-65(38-47)74-62-29-16-15-25-58(62)59-32-31-51(42-64(59)74)75-52-40-49(70-7)39-50(41-52)72-43-73-66-53(46-35-45(44-19-9-8-10-20-44)36-48(37-46)69(4,5)6)26-17-27-60(66)56-23-13-11-21-54(56)55-22-12-14-24-57(55)61-28-18-30-63(72)67(61)73/h8-42H,43H2,1-6H3. The molecule has 0 spiro atoms. The van der Waals surface area contributed by atoms with Gasteiger partial charge in [-0.05, 0) is 115 Å². The number of hydrogen-bond donors (Lipinski definition) is 0. The molecule has 1 aliphatic heterocycles. The fourth-order valence-electron chi connectivity index (χ4n) is 11.4. The Morgan fingerprint density at radius 3 is 1.79 bits per heavy atom. The molecule has 0 saturated heterocycles. The third-order valence-electron chi connectivity index (χ3n) is 15.1. The molecule has 1 aliphatic rings. The van der Waals surface area contributed by atoms with Crippen molar-refractivity contribution >= 4 is 82.2 Å². The van der Waals surface area contributed by atoms with Gasteiger partial charge in [-0.25, -0.2) is 9.83 Å². The molecule has 0 saturated carbocycles. The maximum Gasteiger partial charge on any atom is 0.192 e. The molecule has 0 fully saturated rings. The minimum absolute atomic E-state index is 0.0491. The summed E-state index contributed by atoms with van der Waals surface area (Å²) < 4.78 is 11.7. The summed E-state index contributed by atoms with van der Waals surface area (Å²) in [6.07, 6.45) is 1.91. The van der Waals surface area contributed by atoms with Gasteiger partial charge >= 0.3 is 0 Å². The van der Waals surface area contributed by atoms with Gasteiger partial charge in [-0.1, -0.05) is 181 Å². The van der Waals surface area contributed by atoms with E-state index in [2.05, 4.69) is 248 Å². The summed E-state index contributed by atoms with van der Waals surface area (Å²) in [5, 5.41) is 9.25. The van der Waals surface area contributed by atoms with Crippen molar-refractivity contribution in [2.24, 2.45) is 0 Å². The van der Waals surface area contributed by atoms with Crippen molar-refractivity contribution in [3.8, 4) is 39.6 Å². The van der Waals surface area contributed by atoms with Crippen LogP contribution in [0, 0.1) is 6.57 Å². The van der Waals surface area contributed by atoms with Gasteiger partial charge in [-0.2, -0.15) is 0 Å². The molecule has 0 radical (unpaired) electrons. The van der Waals surface area contributed by atoms with Gasteiger partial charge in [0, 0.05) is 51.1 Å². The van der Waals surface area contributed by atoms with E-state index in [1.165, 1.54) is 38.4 Å². The minimum atomic E-state index is -0.105. The summed E-state index contributed by atoms with van der Waals surface area (Å²) >= 11 is 0. The van der Waals surface area contributed by atoms with Crippen LogP contribution in [0.25, 0.3) is 98.1 Å². The fraction of sp³-hybridized carbons (Fsp3) is 0.130. The lowest BCUT2D eigenvalue weighted by Gasteiger charge is -2.23. The second kappa shape index (κ2) is 17.5. The van der Waals surface area contributed by atoms with E-state index in [1.807, 2.05) is 24.4 Å². The Balaban J connectivity index is 1.03. The number of aromatic nitrogens is 3. The van der Waals surface area contributed by atoms with Crippen molar-refractivity contribution in [3.63, 3.8) is 0 Å². The molecule has 0 amide bonds. The van der Waals surface area contributed by atoms with E-state index < -0.39 is 0 Å². The molecule has 9 aromatic carbocycles. The largest absolute Gasteiger partial charge is 0.459 e. The van der Waals surface area contributed by atoms with E-state index in [9.17, 15) is 0 Å². The van der Waals surface area contributed by atoms with Crippen LogP contribution in [0.5, 0.6) is 11.5 Å². The van der Waals surface area contributed by atoms with E-state index in [-0.39, 0.29) is 10.8 Å². The quantitative estimate of drug-likeness (QED) is 0.156. The van der Waals surface area contributed by atoms with Crippen LogP contribution in [-0.4, -0.2) is 14.1 Å². The summed E-state index contributed by atoms with van der Waals surface area (Å²) in [7, 11) is 0. The first-order chi connectivity index (χ1) is 36.4. The lowest BCUT2D eigenvalue weighted by atomic mass is 9.83. The zero-order valence-electron chi connectivity index (χ0n) is 43.1. The van der Waals surface area contributed by atoms with Crippen LogP contribution in [-0.2, 0) is 17.5 Å². The molecule has 0 aliphatic carbocycles. The Kier molecular flexibility index (Phi) is 10.7. The predicted octanol–water partition coefficient (Wildman–Crippen LogP) is 19.1. The molecule has 4 heterocycles. The van der Waals surface area contributed by atoms with Crippen molar-refractivity contribution in [1.82, 2.24) is 14.1 Å². The minimum Gasteiger partial charge on any atom is -0.459 e. The van der Waals surface area contributed by atoms with Gasteiger partial charge < -0.3 is 14.2 Å². The molecule has 0 unspecified atom stereocenters. The fourth-order valence-corrected chi connectivity index (χ4v) is 11.4. The molecule has 0 N–H and O–H groups in total. The number of ether oxygens (including phenoxy) is 1. The Labute approximate surface area is 437 Å². The normalized spacial score (nSPS) is 12.6. The van der Waals surface area contributed by atoms with Gasteiger partial charge in [0.2, 0.25) is 0 Å². The van der Waals surface area contributed by atoms with Gasteiger partial charge in [0.25, 0.3) is 0 Å². The lowest BCUT2D eigenvalue weighted by Crippen LogP contribution is -2.15. The summed E-state index contributed by atoms with van der Waals surface area (Å²) in [4.78, 5) is 11.3. The third kappa shape index (κ3) is 7.82. The van der Waals surface area contributed by atoms with E-state index in [0.717, 1.165) is 77.3 Å². The first-order valence-corrected chi connectivity index (χ1v) is 25.8. The zero-order valence-corrected chi connectivity index (χ0v) is 43.1. The molecule has 0 atom stereocenters. The number of para-hydroxylation sites is 3. The van der Waals surface area contributed by atoms with Crippen LogP contribution >= 0.6 is 0 Å².